The fourth-order valence-electron chi connectivity index (χ4n) is 6.19. The van der Waals surface area contributed by atoms with Crippen LogP contribution in [0.15, 0.2) is 66.9 Å². The molecule has 3 aromatic carbocycles. The first-order valence-electron chi connectivity index (χ1n) is 11.8. The van der Waals surface area contributed by atoms with E-state index in [0.717, 1.165) is 34.4 Å². The standard InChI is InChI=1S/C27H23F4N3O2S/c1-16-10-24-18(13-32-34(24)21-8-6-20(28)7-9-21)12-22(16)26-15-33(37(2,35)36)14-23(26)25(26)17-4-3-5-19(11-17)27(29,30)31/h3-13,23,25H,14-15H2,1-2H3. The Morgan fingerprint density at radius 1 is 1.05 bits per heavy atom. The van der Waals surface area contributed by atoms with Crippen LogP contribution in [0, 0.1) is 18.7 Å². The van der Waals surface area contributed by atoms with Gasteiger partial charge in [0.2, 0.25) is 10.0 Å². The van der Waals surface area contributed by atoms with Gasteiger partial charge in [-0.3, -0.25) is 0 Å². The maximum Gasteiger partial charge on any atom is 0.416 e. The first kappa shape index (κ1) is 24.1. The van der Waals surface area contributed by atoms with Gasteiger partial charge in [-0.15, -0.1) is 0 Å². The van der Waals surface area contributed by atoms with E-state index in [1.807, 2.05) is 19.1 Å². The molecular weight excluding hydrogens is 506 g/mol. The second-order valence-corrected chi connectivity index (χ2v) is 12.0. The highest BCUT2D eigenvalue weighted by Gasteiger charge is 2.71. The van der Waals surface area contributed by atoms with E-state index >= 15 is 0 Å². The first-order chi connectivity index (χ1) is 17.4. The molecule has 2 heterocycles. The Kier molecular flexibility index (Phi) is 5.14. The SMILES string of the molecule is Cc1cc2c(cnn2-c2ccc(F)cc2)cc1C12CN(S(C)(=O)=O)CC1C2c1cccc(C(F)(F)F)c1. The lowest BCUT2D eigenvalue weighted by Gasteiger charge is -2.24. The predicted molar refractivity (Wildman–Crippen MR) is 132 cm³/mol. The molecule has 5 nitrogen and oxygen atoms in total. The lowest BCUT2D eigenvalue weighted by Crippen LogP contribution is -2.33. The molecule has 1 aromatic heterocycles. The second kappa shape index (κ2) is 7.88. The third-order valence-corrected chi connectivity index (χ3v) is 9.09. The normalized spacial score (nSPS) is 23.9. The number of hydrogen-bond acceptors (Lipinski definition) is 3. The van der Waals surface area contributed by atoms with Crippen LogP contribution >= 0.6 is 0 Å². The van der Waals surface area contributed by atoms with Crippen molar-refractivity contribution in [2.24, 2.45) is 5.92 Å². The summed E-state index contributed by atoms with van der Waals surface area (Å²) in [6.45, 7) is 2.38. The van der Waals surface area contributed by atoms with Crippen LogP contribution in [-0.2, 0) is 21.6 Å². The monoisotopic (exact) mass is 529 g/mol. The van der Waals surface area contributed by atoms with Crippen LogP contribution in [0.1, 0.15) is 28.2 Å². The van der Waals surface area contributed by atoms with Crippen LogP contribution in [0.3, 0.4) is 0 Å². The molecule has 0 bridgehead atoms. The van der Waals surface area contributed by atoms with Crippen molar-refractivity contribution in [2.75, 3.05) is 19.3 Å². The number of halogens is 4. The summed E-state index contributed by atoms with van der Waals surface area (Å²) >= 11 is 0. The summed E-state index contributed by atoms with van der Waals surface area (Å²) in [6.07, 6.45) is -1.61. The average Bonchev–Trinajstić information content (AvgIpc) is 3.10. The number of hydrogen-bond donors (Lipinski definition) is 0. The van der Waals surface area contributed by atoms with E-state index in [1.54, 1.807) is 29.1 Å². The van der Waals surface area contributed by atoms with E-state index in [4.69, 9.17) is 0 Å². The van der Waals surface area contributed by atoms with Crippen LogP contribution in [-0.4, -0.2) is 41.8 Å². The number of benzene rings is 3. The fourth-order valence-corrected chi connectivity index (χ4v) is 7.07. The van der Waals surface area contributed by atoms with Crippen molar-refractivity contribution in [1.82, 2.24) is 14.1 Å². The average molecular weight is 530 g/mol. The van der Waals surface area contributed by atoms with Gasteiger partial charge in [0.25, 0.3) is 0 Å². The lowest BCUT2D eigenvalue weighted by molar-refractivity contribution is -0.137. The Labute approximate surface area is 211 Å². The van der Waals surface area contributed by atoms with Gasteiger partial charge in [-0.2, -0.15) is 18.3 Å². The van der Waals surface area contributed by atoms with E-state index in [2.05, 4.69) is 5.10 Å². The van der Waals surface area contributed by atoms with Crippen LogP contribution in [0.2, 0.25) is 0 Å². The molecule has 2 fully saturated rings. The molecule has 1 aliphatic carbocycles. The van der Waals surface area contributed by atoms with Crippen LogP contribution < -0.4 is 0 Å². The molecule has 3 atom stereocenters. The van der Waals surface area contributed by atoms with E-state index < -0.39 is 27.2 Å². The Morgan fingerprint density at radius 2 is 1.78 bits per heavy atom. The summed E-state index contributed by atoms with van der Waals surface area (Å²) in [6, 6.07) is 15.3. The number of aromatic nitrogens is 2. The minimum Gasteiger partial charge on any atom is -0.233 e. The van der Waals surface area contributed by atoms with Gasteiger partial charge in [0.15, 0.2) is 0 Å². The van der Waals surface area contributed by atoms with Gasteiger partial charge in [0.1, 0.15) is 5.82 Å². The topological polar surface area (TPSA) is 55.2 Å². The van der Waals surface area contributed by atoms with Crippen molar-refractivity contribution in [3.63, 3.8) is 0 Å². The number of alkyl halides is 3. The highest BCUT2D eigenvalue weighted by atomic mass is 32.2. The molecule has 2 aliphatic rings. The summed E-state index contributed by atoms with van der Waals surface area (Å²) in [5.41, 5.74) is 2.52. The molecule has 3 unspecified atom stereocenters. The molecular formula is C27H23F4N3O2S. The van der Waals surface area contributed by atoms with Crippen LogP contribution in [0.25, 0.3) is 16.6 Å². The molecule has 10 heteroatoms. The maximum absolute atomic E-state index is 13.5. The Bertz CT molecular complexity index is 1650. The Hall–Kier alpha value is -3.24. The molecule has 192 valence electrons. The van der Waals surface area contributed by atoms with E-state index in [9.17, 15) is 26.0 Å². The summed E-state index contributed by atoms with van der Waals surface area (Å²) in [4.78, 5) is 0. The number of rotatable bonds is 4. The quantitative estimate of drug-likeness (QED) is 0.332. The van der Waals surface area contributed by atoms with Gasteiger partial charge in [0, 0.05) is 29.8 Å². The van der Waals surface area contributed by atoms with Crippen molar-refractivity contribution in [3.8, 4) is 5.69 Å². The van der Waals surface area contributed by atoms with Crippen LogP contribution in [0.4, 0.5) is 17.6 Å². The zero-order chi connectivity index (χ0) is 26.3. The van der Waals surface area contributed by atoms with E-state index in [1.165, 1.54) is 28.6 Å². The van der Waals surface area contributed by atoms with Crippen LogP contribution in [0.5, 0.6) is 0 Å². The third kappa shape index (κ3) is 3.76. The zero-order valence-corrected chi connectivity index (χ0v) is 20.8. The van der Waals surface area contributed by atoms with Gasteiger partial charge in [-0.05, 0) is 72.0 Å². The van der Waals surface area contributed by atoms with Crippen molar-refractivity contribution < 1.29 is 26.0 Å². The fraction of sp³-hybridized carbons (Fsp3) is 0.296. The van der Waals surface area contributed by atoms with Gasteiger partial charge >= 0.3 is 6.18 Å². The van der Waals surface area contributed by atoms with E-state index in [0.29, 0.717) is 11.3 Å². The number of fused-ring (bicyclic) bond motifs is 2. The largest absolute Gasteiger partial charge is 0.416 e. The van der Waals surface area contributed by atoms with Crippen molar-refractivity contribution in [3.05, 3.63) is 94.9 Å². The third-order valence-electron chi connectivity index (χ3n) is 7.88. The second-order valence-electron chi connectivity index (χ2n) is 10.1. The summed E-state index contributed by atoms with van der Waals surface area (Å²) in [7, 11) is -3.47. The molecule has 0 spiro atoms. The van der Waals surface area contributed by atoms with Crippen molar-refractivity contribution in [1.29, 1.82) is 0 Å². The lowest BCUT2D eigenvalue weighted by atomic mass is 9.86. The van der Waals surface area contributed by atoms with Gasteiger partial charge in [-0.1, -0.05) is 18.2 Å². The zero-order valence-electron chi connectivity index (χ0n) is 20.0. The number of aryl methyl sites for hydroxylation is 1. The molecule has 37 heavy (non-hydrogen) atoms. The molecule has 0 N–H and O–H groups in total. The highest BCUT2D eigenvalue weighted by Crippen LogP contribution is 2.70. The van der Waals surface area contributed by atoms with Crippen molar-refractivity contribution >= 4 is 20.9 Å². The molecule has 6 rings (SSSR count). The Morgan fingerprint density at radius 3 is 2.46 bits per heavy atom. The van der Waals surface area contributed by atoms with Gasteiger partial charge in [0.05, 0.1) is 29.2 Å². The number of nitrogens with zero attached hydrogens (tertiary/aromatic N) is 3. The number of sulfonamides is 1. The smallest absolute Gasteiger partial charge is 0.233 e. The molecule has 4 aromatic rings. The molecule has 1 aliphatic heterocycles. The molecule has 1 saturated carbocycles. The Balaban J connectivity index is 1.47. The molecule has 0 amide bonds. The van der Waals surface area contributed by atoms with Gasteiger partial charge in [-0.25, -0.2) is 21.8 Å². The van der Waals surface area contributed by atoms with Gasteiger partial charge < -0.3 is 0 Å². The maximum atomic E-state index is 13.5. The molecule has 0 radical (unpaired) electrons. The number of piperidine rings is 1. The predicted octanol–water partition coefficient (Wildman–Crippen LogP) is 5.42. The van der Waals surface area contributed by atoms with Crippen molar-refractivity contribution in [2.45, 2.75) is 24.4 Å². The summed E-state index contributed by atoms with van der Waals surface area (Å²) in [5.74, 6) is -0.736. The summed E-state index contributed by atoms with van der Waals surface area (Å²) in [5, 5.41) is 5.28. The minimum atomic E-state index is -4.46. The van der Waals surface area contributed by atoms with E-state index in [-0.39, 0.29) is 30.7 Å². The molecule has 1 saturated heterocycles. The summed E-state index contributed by atoms with van der Waals surface area (Å²) < 4.78 is 81.8. The minimum absolute atomic E-state index is 0.144. The first-order valence-corrected chi connectivity index (χ1v) is 13.6. The highest BCUT2D eigenvalue weighted by molar-refractivity contribution is 7.88.